The van der Waals surface area contributed by atoms with Crippen LogP contribution in [-0.4, -0.2) is 44.5 Å². The molecule has 18 heavy (non-hydrogen) atoms. The molecule has 3 rings (SSSR count). The first-order chi connectivity index (χ1) is 8.85. The minimum atomic E-state index is 0.193. The third-order valence-electron chi connectivity index (χ3n) is 4.37. The molecule has 100 valence electrons. The van der Waals surface area contributed by atoms with Gasteiger partial charge in [-0.2, -0.15) is 0 Å². The molecular formula is C13H22N4O. The minimum absolute atomic E-state index is 0.193. The molecule has 0 spiro atoms. The minimum Gasteiger partial charge on any atom is -0.394 e. The molecule has 1 aromatic rings. The normalized spacial score (nSPS) is 28.6. The molecule has 0 aromatic carbocycles. The lowest BCUT2D eigenvalue weighted by Crippen LogP contribution is -2.29. The first-order valence-electron chi connectivity index (χ1n) is 7.13. The summed E-state index contributed by atoms with van der Waals surface area (Å²) in [6.45, 7) is 4.63. The zero-order valence-corrected chi connectivity index (χ0v) is 11.0. The van der Waals surface area contributed by atoms with E-state index in [9.17, 15) is 5.11 Å². The third-order valence-corrected chi connectivity index (χ3v) is 4.37. The summed E-state index contributed by atoms with van der Waals surface area (Å²) in [5, 5.41) is 18.3. The number of aryl methyl sites for hydroxylation is 1. The molecule has 0 amide bonds. The maximum absolute atomic E-state index is 9.56. The van der Waals surface area contributed by atoms with Gasteiger partial charge in [-0.05, 0) is 38.8 Å². The van der Waals surface area contributed by atoms with Crippen LogP contribution in [0.5, 0.6) is 0 Å². The van der Waals surface area contributed by atoms with Crippen molar-refractivity contribution in [2.75, 3.05) is 19.7 Å². The molecule has 2 aliphatic heterocycles. The molecule has 1 N–H and O–H groups in total. The molecule has 0 aliphatic carbocycles. The van der Waals surface area contributed by atoms with Gasteiger partial charge in [-0.1, -0.05) is 6.92 Å². The van der Waals surface area contributed by atoms with E-state index in [2.05, 4.69) is 26.6 Å². The van der Waals surface area contributed by atoms with Gasteiger partial charge in [-0.25, -0.2) is 0 Å². The monoisotopic (exact) mass is 250 g/mol. The number of rotatable bonds is 3. The highest BCUT2D eigenvalue weighted by Gasteiger charge is 2.33. The van der Waals surface area contributed by atoms with Gasteiger partial charge in [-0.15, -0.1) is 10.2 Å². The first-order valence-corrected chi connectivity index (χ1v) is 7.13. The fraction of sp³-hybridized carbons (Fsp3) is 0.846. The maximum atomic E-state index is 9.56. The van der Waals surface area contributed by atoms with Crippen molar-refractivity contribution in [1.29, 1.82) is 0 Å². The molecule has 1 fully saturated rings. The fourth-order valence-electron chi connectivity index (χ4n) is 3.43. The van der Waals surface area contributed by atoms with Crippen molar-refractivity contribution in [2.24, 2.45) is 0 Å². The number of nitrogens with zero attached hydrogens (tertiary/aromatic N) is 4. The summed E-state index contributed by atoms with van der Waals surface area (Å²) in [5.41, 5.74) is 0. The summed E-state index contributed by atoms with van der Waals surface area (Å²) < 4.78 is 2.22. The fourth-order valence-corrected chi connectivity index (χ4v) is 3.43. The van der Waals surface area contributed by atoms with Gasteiger partial charge in [-0.3, -0.25) is 4.90 Å². The third kappa shape index (κ3) is 1.86. The summed E-state index contributed by atoms with van der Waals surface area (Å²) in [4.78, 5) is 2.47. The first kappa shape index (κ1) is 12.1. The van der Waals surface area contributed by atoms with Gasteiger partial charge >= 0.3 is 0 Å². The van der Waals surface area contributed by atoms with E-state index in [1.807, 2.05) is 0 Å². The van der Waals surface area contributed by atoms with Crippen LogP contribution < -0.4 is 0 Å². The summed E-state index contributed by atoms with van der Waals surface area (Å²) in [6.07, 6.45) is 5.58. The van der Waals surface area contributed by atoms with E-state index < -0.39 is 0 Å². The molecule has 5 heteroatoms. The highest BCUT2D eigenvalue weighted by atomic mass is 16.3. The Morgan fingerprint density at radius 2 is 2.17 bits per heavy atom. The number of hydrogen-bond acceptors (Lipinski definition) is 4. The molecule has 0 saturated carbocycles. The predicted molar refractivity (Wildman–Crippen MR) is 68.3 cm³/mol. The van der Waals surface area contributed by atoms with Crippen molar-refractivity contribution in [1.82, 2.24) is 19.7 Å². The number of hydrogen-bond donors (Lipinski definition) is 1. The van der Waals surface area contributed by atoms with E-state index >= 15 is 0 Å². The summed E-state index contributed by atoms with van der Waals surface area (Å²) in [5.74, 6) is 2.15. The zero-order chi connectivity index (χ0) is 12.5. The Morgan fingerprint density at radius 1 is 1.28 bits per heavy atom. The van der Waals surface area contributed by atoms with Crippen LogP contribution in [0.15, 0.2) is 0 Å². The van der Waals surface area contributed by atoms with Gasteiger partial charge < -0.3 is 9.67 Å². The largest absolute Gasteiger partial charge is 0.394 e. The second kappa shape index (κ2) is 4.97. The molecule has 5 nitrogen and oxygen atoms in total. The van der Waals surface area contributed by atoms with Crippen LogP contribution in [0.1, 0.15) is 56.3 Å². The zero-order valence-electron chi connectivity index (χ0n) is 11.0. The molecule has 2 unspecified atom stereocenters. The molecule has 2 aliphatic rings. The Bertz CT molecular complexity index is 417. The van der Waals surface area contributed by atoms with Gasteiger partial charge in [0.2, 0.25) is 0 Å². The lowest BCUT2D eigenvalue weighted by Gasteiger charge is -2.28. The topological polar surface area (TPSA) is 54.2 Å². The molecule has 0 bridgehead atoms. The number of fused-ring (bicyclic) bond motifs is 1. The Morgan fingerprint density at radius 3 is 2.94 bits per heavy atom. The Labute approximate surface area is 108 Å². The van der Waals surface area contributed by atoms with E-state index in [0.29, 0.717) is 6.04 Å². The van der Waals surface area contributed by atoms with Crippen molar-refractivity contribution in [3.05, 3.63) is 11.6 Å². The van der Waals surface area contributed by atoms with Crippen molar-refractivity contribution in [3.63, 3.8) is 0 Å². The van der Waals surface area contributed by atoms with Crippen LogP contribution in [0.3, 0.4) is 0 Å². The van der Waals surface area contributed by atoms with Crippen LogP contribution in [0.2, 0.25) is 0 Å². The van der Waals surface area contributed by atoms with E-state index in [0.717, 1.165) is 44.0 Å². The number of aliphatic hydroxyl groups excluding tert-OH is 1. The molecule has 0 radical (unpaired) electrons. The summed E-state index contributed by atoms with van der Waals surface area (Å²) in [7, 11) is 0. The quantitative estimate of drug-likeness (QED) is 0.878. The van der Waals surface area contributed by atoms with E-state index in [-0.39, 0.29) is 12.6 Å². The second-order valence-electron chi connectivity index (χ2n) is 5.36. The maximum Gasteiger partial charge on any atom is 0.150 e. The van der Waals surface area contributed by atoms with Gasteiger partial charge in [0.15, 0.2) is 5.82 Å². The van der Waals surface area contributed by atoms with Crippen LogP contribution in [0, 0.1) is 0 Å². The van der Waals surface area contributed by atoms with E-state index in [4.69, 9.17) is 0 Å². The number of aliphatic hydroxyl groups is 1. The van der Waals surface area contributed by atoms with Crippen LogP contribution in [0.25, 0.3) is 0 Å². The van der Waals surface area contributed by atoms with E-state index in [1.54, 1.807) is 0 Å². The Hall–Kier alpha value is -0.940. The number of aromatic nitrogens is 3. The average Bonchev–Trinajstić information content (AvgIpc) is 3.03. The summed E-state index contributed by atoms with van der Waals surface area (Å²) >= 11 is 0. The lowest BCUT2D eigenvalue weighted by atomic mass is 10.0. The highest BCUT2D eigenvalue weighted by Crippen LogP contribution is 2.34. The van der Waals surface area contributed by atoms with Gasteiger partial charge in [0.05, 0.1) is 18.7 Å². The molecule has 3 heterocycles. The van der Waals surface area contributed by atoms with Crippen molar-refractivity contribution >= 4 is 0 Å². The molecule has 2 atom stereocenters. The highest BCUT2D eigenvalue weighted by molar-refractivity contribution is 5.08. The van der Waals surface area contributed by atoms with Crippen molar-refractivity contribution in [2.45, 2.75) is 51.1 Å². The van der Waals surface area contributed by atoms with Crippen LogP contribution in [0.4, 0.5) is 0 Å². The van der Waals surface area contributed by atoms with Gasteiger partial charge in [0.25, 0.3) is 0 Å². The van der Waals surface area contributed by atoms with Crippen molar-refractivity contribution in [3.8, 4) is 0 Å². The number of likely N-dealkylation sites (tertiary alicyclic amines) is 1. The van der Waals surface area contributed by atoms with Gasteiger partial charge in [0, 0.05) is 6.42 Å². The molecule has 1 saturated heterocycles. The second-order valence-corrected chi connectivity index (χ2v) is 5.36. The Balaban J connectivity index is 1.95. The molecule has 1 aromatic heterocycles. The van der Waals surface area contributed by atoms with E-state index in [1.165, 1.54) is 12.8 Å². The standard InChI is InChI=1S/C13H22N4O/c1-2-16-8-4-6-11(16)13-15-14-12-7-3-5-10(9-18)17(12)13/h10-11,18H,2-9H2,1H3. The average molecular weight is 250 g/mol. The van der Waals surface area contributed by atoms with Gasteiger partial charge in [0.1, 0.15) is 5.82 Å². The van der Waals surface area contributed by atoms with Crippen LogP contribution in [-0.2, 0) is 6.42 Å². The Kier molecular flexibility index (Phi) is 3.35. The summed E-state index contributed by atoms with van der Waals surface area (Å²) in [6, 6.07) is 0.599. The molecular weight excluding hydrogens is 228 g/mol. The predicted octanol–water partition coefficient (Wildman–Crippen LogP) is 1.30. The smallest absolute Gasteiger partial charge is 0.150 e. The van der Waals surface area contributed by atoms with Crippen molar-refractivity contribution < 1.29 is 5.11 Å². The SMILES string of the molecule is CCN1CCCC1c1nnc2n1C(CO)CCC2. The lowest BCUT2D eigenvalue weighted by molar-refractivity contribution is 0.190. The van der Waals surface area contributed by atoms with Crippen LogP contribution >= 0.6 is 0 Å².